The summed E-state index contributed by atoms with van der Waals surface area (Å²) in [5.41, 5.74) is 4.25. The lowest BCUT2D eigenvalue weighted by Crippen LogP contribution is -2.49. The van der Waals surface area contributed by atoms with Crippen molar-refractivity contribution >= 4 is 5.95 Å². The second kappa shape index (κ2) is 6.41. The quantitative estimate of drug-likeness (QED) is 0.746. The van der Waals surface area contributed by atoms with Gasteiger partial charge in [-0.3, -0.25) is 0 Å². The van der Waals surface area contributed by atoms with Gasteiger partial charge in [-0.05, 0) is 43.9 Å². The molecule has 1 saturated heterocycles. The lowest BCUT2D eigenvalue weighted by Gasteiger charge is -2.43. The van der Waals surface area contributed by atoms with E-state index in [1.54, 1.807) is 6.20 Å². The van der Waals surface area contributed by atoms with Gasteiger partial charge < -0.3 is 14.6 Å². The predicted molar refractivity (Wildman–Crippen MR) is 107 cm³/mol. The van der Waals surface area contributed by atoms with E-state index in [0.717, 1.165) is 43.3 Å². The van der Waals surface area contributed by atoms with Crippen LogP contribution in [0, 0.1) is 13.8 Å². The average Bonchev–Trinajstić information content (AvgIpc) is 3.28. The molecule has 144 valence electrons. The number of aliphatic hydroxyl groups is 1. The molecule has 5 rings (SSSR count). The summed E-state index contributed by atoms with van der Waals surface area (Å²) in [5, 5.41) is 11.5. The molecule has 1 N–H and O–H groups in total. The summed E-state index contributed by atoms with van der Waals surface area (Å²) in [5.74, 6) is 0.805. The highest BCUT2D eigenvalue weighted by atomic mass is 16.3. The fraction of sp³-hybridized carbons (Fsp3) is 0.409. The Kier molecular flexibility index (Phi) is 3.98. The molecule has 1 aliphatic carbocycles. The first kappa shape index (κ1) is 17.4. The van der Waals surface area contributed by atoms with Crippen molar-refractivity contribution in [1.29, 1.82) is 0 Å². The van der Waals surface area contributed by atoms with Crippen molar-refractivity contribution in [3.8, 4) is 0 Å². The summed E-state index contributed by atoms with van der Waals surface area (Å²) >= 11 is 0. The van der Waals surface area contributed by atoms with Gasteiger partial charge in [0.1, 0.15) is 0 Å². The molecule has 2 atom stereocenters. The van der Waals surface area contributed by atoms with Crippen LogP contribution in [0.1, 0.15) is 41.4 Å². The third-order valence-corrected chi connectivity index (χ3v) is 6.44. The van der Waals surface area contributed by atoms with Crippen molar-refractivity contribution in [2.75, 3.05) is 18.0 Å². The molecule has 0 radical (unpaired) electrons. The Bertz CT molecular complexity index is 972. The smallest absolute Gasteiger partial charge is 0.225 e. The van der Waals surface area contributed by atoms with Crippen molar-refractivity contribution < 1.29 is 5.11 Å². The first-order valence-corrected chi connectivity index (χ1v) is 9.91. The molecule has 6 nitrogen and oxygen atoms in total. The average molecular weight is 375 g/mol. The fourth-order valence-corrected chi connectivity index (χ4v) is 5.12. The van der Waals surface area contributed by atoms with Gasteiger partial charge in [0.25, 0.3) is 0 Å². The number of anilines is 1. The molecule has 0 amide bonds. The minimum atomic E-state index is -0.471. The summed E-state index contributed by atoms with van der Waals surface area (Å²) in [7, 11) is 0. The van der Waals surface area contributed by atoms with Crippen LogP contribution >= 0.6 is 0 Å². The van der Waals surface area contributed by atoms with Gasteiger partial charge in [-0.1, -0.05) is 24.3 Å². The fourth-order valence-electron chi connectivity index (χ4n) is 5.12. The van der Waals surface area contributed by atoms with Crippen LogP contribution in [0.15, 0.2) is 49.1 Å². The molecular formula is C22H25N5O. The summed E-state index contributed by atoms with van der Waals surface area (Å²) < 4.78 is 2.04. The van der Waals surface area contributed by atoms with Crippen LogP contribution in [0.4, 0.5) is 5.95 Å². The predicted octanol–water partition coefficient (Wildman–Crippen LogP) is 2.79. The summed E-state index contributed by atoms with van der Waals surface area (Å²) in [6.07, 6.45) is 6.82. The van der Waals surface area contributed by atoms with E-state index in [-0.39, 0.29) is 11.5 Å². The topological polar surface area (TPSA) is 67.1 Å². The number of imidazole rings is 1. The highest BCUT2D eigenvalue weighted by molar-refractivity contribution is 5.47. The standard InChI is InChI=1S/C22H25N5O/c1-15-13-16(2)25-21(24-15)26-10-7-22(8-11-26)18-6-4-3-5-17(18)19(20(22)28)27-12-9-23-14-27/h3-6,9,12-14,19-20,28H,7-8,10-11H2,1-2H3/t19-,20+/m1/s1. The second-order valence-corrected chi connectivity index (χ2v) is 8.08. The van der Waals surface area contributed by atoms with Gasteiger partial charge in [-0.25, -0.2) is 15.0 Å². The Morgan fingerprint density at radius 3 is 2.46 bits per heavy atom. The Morgan fingerprint density at radius 2 is 1.79 bits per heavy atom. The first-order valence-electron chi connectivity index (χ1n) is 9.91. The maximum atomic E-state index is 11.5. The van der Waals surface area contributed by atoms with E-state index in [2.05, 4.69) is 44.1 Å². The zero-order valence-electron chi connectivity index (χ0n) is 16.3. The van der Waals surface area contributed by atoms with Gasteiger partial charge in [-0.15, -0.1) is 0 Å². The Hall–Kier alpha value is -2.73. The third-order valence-electron chi connectivity index (χ3n) is 6.44. The van der Waals surface area contributed by atoms with E-state index in [0.29, 0.717) is 0 Å². The maximum Gasteiger partial charge on any atom is 0.225 e. The molecule has 1 aliphatic heterocycles. The Balaban J connectivity index is 1.48. The summed E-state index contributed by atoms with van der Waals surface area (Å²) in [6.45, 7) is 5.70. The van der Waals surface area contributed by atoms with Crippen molar-refractivity contribution in [3.63, 3.8) is 0 Å². The molecule has 2 aromatic heterocycles. The molecule has 1 fully saturated rings. The lowest BCUT2D eigenvalue weighted by atomic mass is 9.72. The van der Waals surface area contributed by atoms with Gasteiger partial charge in [0.15, 0.2) is 0 Å². The molecule has 6 heteroatoms. The van der Waals surface area contributed by atoms with Crippen LogP contribution in [0.5, 0.6) is 0 Å². The first-order chi connectivity index (χ1) is 13.6. The van der Waals surface area contributed by atoms with Crippen molar-refractivity contribution in [1.82, 2.24) is 19.5 Å². The molecule has 0 unspecified atom stereocenters. The molecule has 0 bridgehead atoms. The third kappa shape index (κ3) is 2.55. The van der Waals surface area contributed by atoms with Crippen molar-refractivity contribution in [2.24, 2.45) is 0 Å². The van der Waals surface area contributed by atoms with E-state index in [4.69, 9.17) is 0 Å². The normalized spacial score (nSPS) is 23.2. The van der Waals surface area contributed by atoms with Crippen LogP contribution in [-0.2, 0) is 5.41 Å². The van der Waals surface area contributed by atoms with Gasteiger partial charge >= 0.3 is 0 Å². The van der Waals surface area contributed by atoms with Crippen LogP contribution < -0.4 is 4.90 Å². The second-order valence-electron chi connectivity index (χ2n) is 8.08. The van der Waals surface area contributed by atoms with E-state index in [9.17, 15) is 5.11 Å². The van der Waals surface area contributed by atoms with Crippen LogP contribution in [-0.4, -0.2) is 43.8 Å². The number of nitrogens with zero attached hydrogens (tertiary/aromatic N) is 5. The minimum absolute atomic E-state index is 0.0808. The molecule has 0 saturated carbocycles. The number of benzene rings is 1. The molecule has 28 heavy (non-hydrogen) atoms. The lowest BCUT2D eigenvalue weighted by molar-refractivity contribution is 0.0491. The summed E-state index contributed by atoms with van der Waals surface area (Å²) in [4.78, 5) is 15.7. The van der Waals surface area contributed by atoms with Gasteiger partial charge in [0.05, 0.1) is 18.5 Å². The number of rotatable bonds is 2. The number of hydrogen-bond donors (Lipinski definition) is 1. The SMILES string of the molecule is Cc1cc(C)nc(N2CCC3(CC2)c2ccccc2[C@@H](n2ccnc2)[C@@H]3O)n1. The minimum Gasteiger partial charge on any atom is -0.390 e. The number of piperidine rings is 1. The van der Waals surface area contributed by atoms with Crippen LogP contribution in [0.3, 0.4) is 0 Å². The zero-order chi connectivity index (χ0) is 19.3. The maximum absolute atomic E-state index is 11.5. The number of aryl methyl sites for hydroxylation is 2. The van der Waals surface area contributed by atoms with Crippen molar-refractivity contribution in [2.45, 2.75) is 44.2 Å². The Morgan fingerprint density at radius 1 is 1.07 bits per heavy atom. The van der Waals surface area contributed by atoms with Crippen LogP contribution in [0.2, 0.25) is 0 Å². The Labute approximate surface area is 164 Å². The van der Waals surface area contributed by atoms with Crippen LogP contribution in [0.25, 0.3) is 0 Å². The zero-order valence-corrected chi connectivity index (χ0v) is 16.3. The number of fused-ring (bicyclic) bond motifs is 2. The van der Waals surface area contributed by atoms with E-state index in [1.807, 2.05) is 37.0 Å². The molecule has 2 aliphatic rings. The molecule has 1 spiro atoms. The van der Waals surface area contributed by atoms with Crippen molar-refractivity contribution in [3.05, 3.63) is 71.6 Å². The van der Waals surface area contributed by atoms with E-state index >= 15 is 0 Å². The number of aliphatic hydroxyl groups excluding tert-OH is 1. The highest BCUT2D eigenvalue weighted by Crippen LogP contribution is 2.52. The molecule has 1 aromatic carbocycles. The number of aromatic nitrogens is 4. The van der Waals surface area contributed by atoms with Gasteiger partial charge in [0, 0.05) is 42.3 Å². The highest BCUT2D eigenvalue weighted by Gasteiger charge is 2.53. The summed E-state index contributed by atoms with van der Waals surface area (Å²) in [6, 6.07) is 10.4. The molecule has 3 heterocycles. The molecular weight excluding hydrogens is 350 g/mol. The van der Waals surface area contributed by atoms with E-state index < -0.39 is 6.10 Å². The monoisotopic (exact) mass is 375 g/mol. The largest absolute Gasteiger partial charge is 0.390 e. The van der Waals surface area contributed by atoms with Gasteiger partial charge in [0.2, 0.25) is 5.95 Å². The van der Waals surface area contributed by atoms with E-state index in [1.165, 1.54) is 11.1 Å². The van der Waals surface area contributed by atoms with Gasteiger partial charge in [-0.2, -0.15) is 0 Å². The number of hydrogen-bond acceptors (Lipinski definition) is 5. The molecule has 3 aromatic rings.